The van der Waals surface area contributed by atoms with E-state index in [4.69, 9.17) is 27.3 Å². The first kappa shape index (κ1) is 15.6. The number of aromatic nitrogens is 1. The second-order valence-corrected chi connectivity index (χ2v) is 5.25. The van der Waals surface area contributed by atoms with E-state index in [2.05, 4.69) is 21.2 Å². The van der Waals surface area contributed by atoms with Gasteiger partial charge in [0.15, 0.2) is 6.61 Å². The highest BCUT2D eigenvalue weighted by atomic mass is 35.5. The summed E-state index contributed by atoms with van der Waals surface area (Å²) in [6.07, 6.45) is 1.73. The van der Waals surface area contributed by atoms with Crippen molar-refractivity contribution in [2.24, 2.45) is 5.73 Å². The number of nitriles is 1. The standard InChI is InChI=1S/C15H13ClN6O2/c16-10-7-8(1-2-11(10)24-6-4-17)20-12-9-3-5-19-15(9)22-21-13(12)14(18)23/h1-3,5,7,19-22H,6H2,(H2,18,23). The van der Waals surface area contributed by atoms with E-state index in [9.17, 15) is 4.79 Å². The summed E-state index contributed by atoms with van der Waals surface area (Å²) in [7, 11) is 0. The van der Waals surface area contributed by atoms with Crippen LogP contribution in [0.4, 0.5) is 11.5 Å². The summed E-state index contributed by atoms with van der Waals surface area (Å²) in [6.45, 7) is -0.0915. The summed E-state index contributed by atoms with van der Waals surface area (Å²) >= 11 is 6.14. The Morgan fingerprint density at radius 1 is 1.38 bits per heavy atom. The minimum Gasteiger partial charge on any atom is -0.477 e. The topological polar surface area (TPSA) is 128 Å². The SMILES string of the molecule is N#CCOc1ccc(NC2=C(C(N)=O)NNc3[nH]ccc32)cc1Cl. The van der Waals surface area contributed by atoms with Gasteiger partial charge in [0, 0.05) is 17.4 Å². The van der Waals surface area contributed by atoms with Gasteiger partial charge in [0.05, 0.1) is 10.7 Å². The number of primary amides is 1. The average molecular weight is 345 g/mol. The van der Waals surface area contributed by atoms with Gasteiger partial charge in [-0.2, -0.15) is 5.26 Å². The molecule has 1 aliphatic rings. The highest BCUT2D eigenvalue weighted by molar-refractivity contribution is 6.32. The number of nitrogens with one attached hydrogen (secondary N) is 4. The predicted molar refractivity (Wildman–Crippen MR) is 89.8 cm³/mol. The smallest absolute Gasteiger partial charge is 0.268 e. The van der Waals surface area contributed by atoms with Crippen molar-refractivity contribution in [1.29, 1.82) is 5.26 Å². The van der Waals surface area contributed by atoms with Crippen LogP contribution < -0.4 is 26.6 Å². The number of H-pyrrole nitrogens is 1. The molecule has 1 aromatic carbocycles. The number of benzene rings is 1. The first-order valence-electron chi connectivity index (χ1n) is 6.90. The lowest BCUT2D eigenvalue weighted by atomic mass is 10.1. The van der Waals surface area contributed by atoms with Crippen LogP contribution in [-0.4, -0.2) is 17.5 Å². The largest absolute Gasteiger partial charge is 0.477 e. The zero-order valence-corrected chi connectivity index (χ0v) is 13.1. The van der Waals surface area contributed by atoms with Gasteiger partial charge in [-0.25, -0.2) is 0 Å². The van der Waals surface area contributed by atoms with Crippen LogP contribution >= 0.6 is 11.6 Å². The van der Waals surface area contributed by atoms with E-state index < -0.39 is 5.91 Å². The molecule has 0 radical (unpaired) electrons. The molecule has 3 rings (SSSR count). The lowest BCUT2D eigenvalue weighted by molar-refractivity contribution is -0.114. The van der Waals surface area contributed by atoms with Gasteiger partial charge in [-0.05, 0) is 24.3 Å². The number of anilines is 2. The maximum Gasteiger partial charge on any atom is 0.268 e. The minimum absolute atomic E-state index is 0.0915. The number of rotatable bonds is 5. The Bertz CT molecular complexity index is 867. The Labute approximate surface area is 142 Å². The number of halogens is 1. The fourth-order valence-electron chi connectivity index (χ4n) is 2.27. The van der Waals surface area contributed by atoms with Gasteiger partial charge in [0.25, 0.3) is 5.91 Å². The van der Waals surface area contributed by atoms with E-state index in [0.717, 1.165) is 5.56 Å². The first-order valence-corrected chi connectivity index (χ1v) is 7.28. The van der Waals surface area contributed by atoms with E-state index >= 15 is 0 Å². The molecule has 0 saturated heterocycles. The third kappa shape index (κ3) is 2.93. The number of hydrogen-bond acceptors (Lipinski definition) is 6. The zero-order chi connectivity index (χ0) is 17.1. The molecule has 1 amide bonds. The second-order valence-electron chi connectivity index (χ2n) is 4.85. The molecule has 1 aromatic heterocycles. The van der Waals surface area contributed by atoms with Crippen molar-refractivity contribution < 1.29 is 9.53 Å². The molecule has 2 heterocycles. The number of ether oxygens (including phenoxy) is 1. The summed E-state index contributed by atoms with van der Waals surface area (Å²) in [5.74, 6) is 0.484. The van der Waals surface area contributed by atoms with Gasteiger partial charge in [-0.15, -0.1) is 0 Å². The monoisotopic (exact) mass is 344 g/mol. The summed E-state index contributed by atoms with van der Waals surface area (Å²) in [5.41, 5.74) is 13.1. The van der Waals surface area contributed by atoms with E-state index in [-0.39, 0.29) is 12.3 Å². The molecule has 9 heteroatoms. The molecule has 2 aromatic rings. The molecular formula is C15H13ClN6O2. The minimum atomic E-state index is -0.614. The lowest BCUT2D eigenvalue weighted by Gasteiger charge is -2.23. The van der Waals surface area contributed by atoms with E-state index in [1.807, 2.05) is 6.07 Å². The van der Waals surface area contributed by atoms with Gasteiger partial charge in [-0.3, -0.25) is 15.6 Å². The Hall–Kier alpha value is -3.31. The molecule has 1 aliphatic heterocycles. The molecule has 24 heavy (non-hydrogen) atoms. The van der Waals surface area contributed by atoms with Crippen LogP contribution in [0.5, 0.6) is 5.75 Å². The number of amides is 1. The fraction of sp³-hybridized carbons (Fsp3) is 0.0667. The number of aromatic amines is 1. The summed E-state index contributed by atoms with van der Waals surface area (Å²) in [4.78, 5) is 14.7. The molecule has 0 saturated carbocycles. The van der Waals surface area contributed by atoms with Crippen LogP contribution in [0.3, 0.4) is 0 Å². The fourth-order valence-corrected chi connectivity index (χ4v) is 2.50. The van der Waals surface area contributed by atoms with Gasteiger partial charge in [0.1, 0.15) is 23.3 Å². The summed E-state index contributed by atoms with van der Waals surface area (Å²) in [6, 6.07) is 8.67. The molecule has 0 spiro atoms. The Balaban J connectivity index is 1.93. The van der Waals surface area contributed by atoms with Crippen LogP contribution in [-0.2, 0) is 4.79 Å². The molecular weight excluding hydrogens is 332 g/mol. The maximum atomic E-state index is 11.7. The number of nitrogens with zero attached hydrogens (tertiary/aromatic N) is 1. The van der Waals surface area contributed by atoms with Gasteiger partial charge >= 0.3 is 0 Å². The molecule has 0 bridgehead atoms. The van der Waals surface area contributed by atoms with Crippen molar-refractivity contribution in [3.63, 3.8) is 0 Å². The third-order valence-electron chi connectivity index (χ3n) is 3.32. The van der Waals surface area contributed by atoms with Crippen molar-refractivity contribution in [2.75, 3.05) is 17.3 Å². The molecule has 122 valence electrons. The lowest BCUT2D eigenvalue weighted by Crippen LogP contribution is -2.36. The average Bonchev–Trinajstić information content (AvgIpc) is 3.03. The van der Waals surface area contributed by atoms with Crippen LogP contribution in [0.1, 0.15) is 5.56 Å². The highest BCUT2D eigenvalue weighted by Gasteiger charge is 2.23. The maximum absolute atomic E-state index is 11.7. The summed E-state index contributed by atoms with van der Waals surface area (Å²) in [5, 5.41) is 12.0. The molecule has 0 fully saturated rings. The number of hydrogen-bond donors (Lipinski definition) is 5. The number of carbonyl (C=O) groups is 1. The number of nitrogens with two attached hydrogens (primary N) is 1. The summed E-state index contributed by atoms with van der Waals surface area (Å²) < 4.78 is 5.20. The van der Waals surface area contributed by atoms with E-state index in [1.54, 1.807) is 30.5 Å². The third-order valence-corrected chi connectivity index (χ3v) is 3.61. The number of carbonyl (C=O) groups excluding carboxylic acids is 1. The normalized spacial score (nSPS) is 12.5. The molecule has 8 nitrogen and oxygen atoms in total. The van der Waals surface area contributed by atoms with Crippen molar-refractivity contribution >= 4 is 34.7 Å². The molecule has 0 aliphatic carbocycles. The Kier molecular flexibility index (Phi) is 4.18. The van der Waals surface area contributed by atoms with Crippen LogP contribution in [0.15, 0.2) is 36.2 Å². The van der Waals surface area contributed by atoms with E-state index in [0.29, 0.717) is 28.0 Å². The number of hydrazine groups is 1. The Morgan fingerprint density at radius 3 is 2.92 bits per heavy atom. The molecule has 0 atom stereocenters. The zero-order valence-electron chi connectivity index (χ0n) is 12.3. The van der Waals surface area contributed by atoms with Gasteiger partial charge in [-0.1, -0.05) is 11.6 Å². The van der Waals surface area contributed by atoms with Gasteiger partial charge in [0.2, 0.25) is 0 Å². The second kappa shape index (κ2) is 6.44. The van der Waals surface area contributed by atoms with Gasteiger partial charge < -0.3 is 20.8 Å². The number of fused-ring (bicyclic) bond motifs is 1. The van der Waals surface area contributed by atoms with Crippen molar-refractivity contribution in [3.8, 4) is 11.8 Å². The quantitative estimate of drug-likeness (QED) is 0.562. The van der Waals surface area contributed by atoms with Crippen molar-refractivity contribution in [1.82, 2.24) is 10.4 Å². The Morgan fingerprint density at radius 2 is 2.21 bits per heavy atom. The van der Waals surface area contributed by atoms with Crippen molar-refractivity contribution in [3.05, 3.63) is 46.7 Å². The molecule has 0 unspecified atom stereocenters. The van der Waals surface area contributed by atoms with Crippen LogP contribution in [0, 0.1) is 11.3 Å². The van der Waals surface area contributed by atoms with Crippen molar-refractivity contribution in [2.45, 2.75) is 0 Å². The predicted octanol–water partition coefficient (Wildman–Crippen LogP) is 1.77. The van der Waals surface area contributed by atoms with E-state index in [1.165, 1.54) is 0 Å². The van der Waals surface area contributed by atoms with Crippen LogP contribution in [0.25, 0.3) is 5.70 Å². The molecule has 6 N–H and O–H groups in total. The van der Waals surface area contributed by atoms with Crippen LogP contribution in [0.2, 0.25) is 5.02 Å². The highest BCUT2D eigenvalue weighted by Crippen LogP contribution is 2.32. The first-order chi connectivity index (χ1) is 11.6.